The number of hydrogen-bond donors (Lipinski definition) is 2. The van der Waals surface area contributed by atoms with Gasteiger partial charge in [-0.25, -0.2) is 10.8 Å². The highest BCUT2D eigenvalue weighted by molar-refractivity contribution is 6.17. The third-order valence-electron chi connectivity index (χ3n) is 0.739. The molecule has 0 bridgehead atoms. The van der Waals surface area contributed by atoms with E-state index in [1.54, 1.807) is 0 Å². The summed E-state index contributed by atoms with van der Waals surface area (Å²) in [5, 5.41) is 11.2. The molecule has 0 aliphatic carbocycles. The first-order valence-electron chi connectivity index (χ1n) is 2.98. The van der Waals surface area contributed by atoms with Gasteiger partial charge in [-0.1, -0.05) is 0 Å². The van der Waals surface area contributed by atoms with Crippen LogP contribution in [0.1, 0.15) is 6.42 Å². The van der Waals surface area contributed by atoms with Crippen molar-refractivity contribution in [1.82, 2.24) is 4.90 Å². The summed E-state index contributed by atoms with van der Waals surface area (Å²) >= 11 is 5.42. The molecule has 0 aromatic rings. The summed E-state index contributed by atoms with van der Waals surface area (Å²) in [5.74, 6) is 0.776. The molecule has 0 rings (SSSR count). The predicted octanol–water partition coefficient (Wildman–Crippen LogP) is 1.49. The maximum Gasteiger partial charge on any atom is 0.0831 e. The fourth-order valence-corrected chi connectivity index (χ4v) is 0.496. The van der Waals surface area contributed by atoms with E-state index in [9.17, 15) is 0 Å². The topological polar surface area (TPSA) is 50.9 Å². The highest BCUT2D eigenvalue weighted by Gasteiger charge is 1.84. The minimum Gasteiger partial charge on any atom is -0.309 e. The lowest BCUT2D eigenvalue weighted by atomic mass is 10.5. The summed E-state index contributed by atoms with van der Waals surface area (Å²) in [6.45, 7) is 1.10. The first-order chi connectivity index (χ1) is 4.68. The van der Waals surface area contributed by atoms with Crippen molar-refractivity contribution in [2.75, 3.05) is 26.5 Å². The molecule has 0 radical (unpaired) electrons. The minimum absolute atomic E-state index is 0.776. The summed E-state index contributed by atoms with van der Waals surface area (Å²) in [6, 6.07) is 1.25. The molecule has 60 valence electrons. The van der Waals surface area contributed by atoms with Crippen LogP contribution < -0.4 is 0 Å². The molecular weight excluding hydrogens is 150 g/mol. The van der Waals surface area contributed by atoms with E-state index < -0.39 is 0 Å². The Morgan fingerprint density at radius 2 is 1.80 bits per heavy atom. The molecule has 10 heavy (non-hydrogen) atoms. The van der Waals surface area contributed by atoms with Crippen molar-refractivity contribution < 1.29 is 0 Å². The van der Waals surface area contributed by atoms with Gasteiger partial charge in [-0.3, -0.25) is 0 Å². The Hall–Kier alpha value is -0.370. The molecule has 0 heterocycles. The van der Waals surface area contributed by atoms with Crippen molar-refractivity contribution in [2.45, 2.75) is 6.42 Å². The van der Waals surface area contributed by atoms with Gasteiger partial charge in [0.05, 0.1) is 6.01 Å². The molecule has 0 aromatic carbocycles. The molecule has 3 nitrogen and oxygen atoms in total. The van der Waals surface area contributed by atoms with E-state index >= 15 is 0 Å². The van der Waals surface area contributed by atoms with Gasteiger partial charge >= 0.3 is 0 Å². The van der Waals surface area contributed by atoms with Gasteiger partial charge in [0.1, 0.15) is 0 Å². The van der Waals surface area contributed by atoms with Gasteiger partial charge in [0.2, 0.25) is 0 Å². The largest absolute Gasteiger partial charge is 0.309 e. The fraction of sp³-hybridized carbons (Fsp3) is 0.833. The van der Waals surface area contributed by atoms with Crippen LogP contribution in [0.4, 0.5) is 0 Å². The zero-order chi connectivity index (χ0) is 8.41. The van der Waals surface area contributed by atoms with E-state index in [0.29, 0.717) is 0 Å². The Kier molecular flexibility index (Phi) is 14.1. The van der Waals surface area contributed by atoms with Crippen LogP contribution in [0.25, 0.3) is 0 Å². The second kappa shape index (κ2) is 11.4. The van der Waals surface area contributed by atoms with Crippen molar-refractivity contribution in [3.63, 3.8) is 0 Å². The molecule has 0 unspecified atom stereocenters. The summed E-state index contributed by atoms with van der Waals surface area (Å²) in [7, 11) is 4.10. The number of alkyl halides is 1. The lowest BCUT2D eigenvalue weighted by molar-refractivity contribution is 0.409. The Bertz CT molecular complexity index is 87.0. The molecule has 2 N–H and O–H groups in total. The van der Waals surface area contributed by atoms with Crippen molar-refractivity contribution >= 4 is 17.6 Å². The third-order valence-corrected chi connectivity index (χ3v) is 1.01. The summed E-state index contributed by atoms with van der Waals surface area (Å²) in [5.41, 5.74) is 0. The molecule has 0 spiro atoms. The fourth-order valence-electron chi connectivity index (χ4n) is 0.376. The van der Waals surface area contributed by atoms with E-state index in [1.165, 1.54) is 6.01 Å². The molecule has 0 fully saturated rings. The van der Waals surface area contributed by atoms with Crippen LogP contribution in [-0.2, 0) is 0 Å². The number of halogens is 1. The maximum atomic E-state index is 5.62. The highest BCUT2D eigenvalue weighted by atomic mass is 35.5. The Morgan fingerprint density at radius 3 is 1.90 bits per heavy atom. The monoisotopic (exact) mass is 163 g/mol. The van der Waals surface area contributed by atoms with E-state index in [1.807, 2.05) is 14.1 Å². The highest BCUT2D eigenvalue weighted by Crippen LogP contribution is 1.84. The van der Waals surface area contributed by atoms with E-state index in [4.69, 9.17) is 22.4 Å². The van der Waals surface area contributed by atoms with E-state index in [-0.39, 0.29) is 0 Å². The summed E-state index contributed by atoms with van der Waals surface area (Å²) in [4.78, 5) is 2.13. The number of nitrogens with one attached hydrogen (secondary N) is 2. The maximum absolute atomic E-state index is 5.62. The molecule has 0 aliphatic rings. The summed E-state index contributed by atoms with van der Waals surface area (Å²) < 4.78 is 0. The molecule has 4 heteroatoms. The zero-order valence-corrected chi connectivity index (χ0v) is 7.20. The predicted molar refractivity (Wildman–Crippen MR) is 44.3 cm³/mol. The molecule has 0 aliphatic heterocycles. The van der Waals surface area contributed by atoms with Crippen LogP contribution in [0.15, 0.2) is 0 Å². The van der Waals surface area contributed by atoms with Crippen molar-refractivity contribution in [1.29, 1.82) is 10.8 Å². The number of hydrogen-bond acceptors (Lipinski definition) is 3. The Morgan fingerprint density at radius 1 is 1.40 bits per heavy atom. The van der Waals surface area contributed by atoms with Gasteiger partial charge in [0.25, 0.3) is 0 Å². The van der Waals surface area contributed by atoms with Gasteiger partial charge in [0.15, 0.2) is 0 Å². The second-order valence-corrected chi connectivity index (χ2v) is 2.35. The smallest absolute Gasteiger partial charge is 0.0831 e. The van der Waals surface area contributed by atoms with Crippen LogP contribution in [0.2, 0.25) is 0 Å². The average molecular weight is 164 g/mol. The first kappa shape index (κ1) is 12.3. The molecular formula is C6H14ClN3. The van der Waals surface area contributed by atoms with Gasteiger partial charge in [-0.15, -0.1) is 11.6 Å². The Labute approximate surface area is 67.0 Å². The van der Waals surface area contributed by atoms with Gasteiger partial charge in [-0.2, -0.15) is 0 Å². The van der Waals surface area contributed by atoms with Crippen molar-refractivity contribution in [2.24, 2.45) is 0 Å². The molecule has 0 saturated heterocycles. The van der Waals surface area contributed by atoms with Gasteiger partial charge in [-0.05, 0) is 27.1 Å². The molecule has 0 amide bonds. The standard InChI is InChI=1S/C5H12ClN.CH2N2/c1-7(2)5-3-4-6;2-1-3/h3-5H2,1-2H3;2-3H. The quantitative estimate of drug-likeness (QED) is 0.481. The average Bonchev–Trinajstić information content (AvgIpc) is 1.85. The van der Waals surface area contributed by atoms with Crippen molar-refractivity contribution in [3.05, 3.63) is 0 Å². The van der Waals surface area contributed by atoms with Crippen LogP contribution >= 0.6 is 11.6 Å². The van der Waals surface area contributed by atoms with E-state index in [2.05, 4.69) is 4.90 Å². The second-order valence-electron chi connectivity index (χ2n) is 1.97. The van der Waals surface area contributed by atoms with Crippen LogP contribution in [0.5, 0.6) is 0 Å². The SMILES string of the molecule is CN(C)CCCCl.N=C=N. The third kappa shape index (κ3) is 25.5. The van der Waals surface area contributed by atoms with Crippen LogP contribution in [-0.4, -0.2) is 37.4 Å². The number of rotatable bonds is 3. The Balaban J connectivity index is 0. The van der Waals surface area contributed by atoms with Crippen LogP contribution in [0, 0.1) is 10.8 Å². The molecule has 0 saturated carbocycles. The molecule has 0 aromatic heterocycles. The normalized spacial score (nSPS) is 8.00. The van der Waals surface area contributed by atoms with Gasteiger partial charge in [0, 0.05) is 5.88 Å². The lowest BCUT2D eigenvalue weighted by Crippen LogP contribution is -2.12. The number of nitrogens with zero attached hydrogens (tertiary/aromatic N) is 1. The first-order valence-corrected chi connectivity index (χ1v) is 3.51. The lowest BCUT2D eigenvalue weighted by Gasteiger charge is -2.05. The van der Waals surface area contributed by atoms with E-state index in [0.717, 1.165) is 18.8 Å². The minimum atomic E-state index is 0.776. The van der Waals surface area contributed by atoms with Crippen LogP contribution in [0.3, 0.4) is 0 Å². The molecule has 0 atom stereocenters. The zero-order valence-electron chi connectivity index (χ0n) is 6.45. The van der Waals surface area contributed by atoms with Gasteiger partial charge < -0.3 is 4.90 Å². The summed E-state index contributed by atoms with van der Waals surface area (Å²) in [6.07, 6.45) is 1.09. The van der Waals surface area contributed by atoms with Crippen molar-refractivity contribution in [3.8, 4) is 0 Å².